The van der Waals surface area contributed by atoms with Crippen LogP contribution in [0.5, 0.6) is 0 Å². The maximum atomic E-state index is 13.1. The number of pyridine rings is 1. The summed E-state index contributed by atoms with van der Waals surface area (Å²) < 4.78 is 4.40. The molecule has 1 aliphatic carbocycles. The number of likely N-dealkylation sites (tertiary alicyclic amines) is 1. The molecule has 6 rings (SSSR count). The number of amides is 1. The predicted molar refractivity (Wildman–Crippen MR) is 132 cm³/mol. The molecule has 2 N–H and O–H groups in total. The summed E-state index contributed by atoms with van der Waals surface area (Å²) in [5, 5.41) is 1.90. The molecule has 4 aromatic rings. The molecule has 1 aromatic carbocycles. The average Bonchev–Trinajstić information content (AvgIpc) is 3.47. The van der Waals surface area contributed by atoms with E-state index in [1.165, 1.54) is 12.8 Å². The first-order valence-corrected chi connectivity index (χ1v) is 12.2. The molecule has 7 heteroatoms. The monoisotopic (exact) mass is 461 g/mol. The van der Waals surface area contributed by atoms with E-state index < -0.39 is 0 Å². The maximum Gasteiger partial charge on any atom is 0.254 e. The minimum absolute atomic E-state index is 0.0319. The van der Waals surface area contributed by atoms with Crippen LogP contribution in [0.25, 0.3) is 27.9 Å². The van der Waals surface area contributed by atoms with Crippen LogP contribution >= 0.6 is 11.6 Å². The highest BCUT2D eigenvalue weighted by molar-refractivity contribution is 6.35. The lowest BCUT2D eigenvalue weighted by Gasteiger charge is -2.30. The van der Waals surface area contributed by atoms with Crippen molar-refractivity contribution in [2.75, 3.05) is 13.1 Å². The number of carbonyl (C=O) groups excluding carboxylic acids is 1. The van der Waals surface area contributed by atoms with Crippen molar-refractivity contribution in [2.24, 2.45) is 11.7 Å². The van der Waals surface area contributed by atoms with Crippen LogP contribution in [0.3, 0.4) is 0 Å². The molecule has 0 spiro atoms. The lowest BCUT2D eigenvalue weighted by molar-refractivity contribution is 0.0709. The Bertz CT molecular complexity index is 1380. The highest BCUT2D eigenvalue weighted by atomic mass is 35.5. The van der Waals surface area contributed by atoms with E-state index in [2.05, 4.69) is 28.0 Å². The number of piperidine rings is 1. The lowest BCUT2D eigenvalue weighted by Crippen LogP contribution is -2.45. The van der Waals surface area contributed by atoms with Gasteiger partial charge in [0.05, 0.1) is 16.2 Å². The van der Waals surface area contributed by atoms with E-state index in [-0.39, 0.29) is 11.9 Å². The molecule has 4 heterocycles. The van der Waals surface area contributed by atoms with Crippen molar-refractivity contribution in [1.29, 1.82) is 0 Å². The molecule has 170 valence electrons. The van der Waals surface area contributed by atoms with E-state index in [4.69, 9.17) is 22.3 Å². The number of hydrogen-bond acceptors (Lipinski definition) is 3. The summed E-state index contributed by atoms with van der Waals surface area (Å²) in [5.74, 6) is 0.734. The van der Waals surface area contributed by atoms with Crippen molar-refractivity contribution < 1.29 is 4.79 Å². The van der Waals surface area contributed by atoms with Crippen LogP contribution < -0.4 is 5.73 Å². The molecule has 6 nitrogen and oxygen atoms in total. The smallest absolute Gasteiger partial charge is 0.254 e. The molecule has 1 aliphatic heterocycles. The summed E-state index contributed by atoms with van der Waals surface area (Å²) in [4.78, 5) is 20.0. The zero-order chi connectivity index (χ0) is 22.7. The minimum Gasteiger partial charge on any atom is -0.338 e. The first-order chi connectivity index (χ1) is 16.0. The Labute approximate surface area is 197 Å². The lowest BCUT2D eigenvalue weighted by atomic mass is 10.1. The molecule has 1 saturated heterocycles. The third-order valence-electron chi connectivity index (χ3n) is 7.11. The Morgan fingerprint density at radius 3 is 2.85 bits per heavy atom. The molecule has 2 fully saturated rings. The first kappa shape index (κ1) is 20.8. The third-order valence-corrected chi connectivity index (χ3v) is 7.41. The number of rotatable bonds is 4. The Hall–Kier alpha value is -2.83. The van der Waals surface area contributed by atoms with Gasteiger partial charge in [-0.05, 0) is 62.8 Å². The summed E-state index contributed by atoms with van der Waals surface area (Å²) in [6, 6.07) is 12.1. The Morgan fingerprint density at radius 1 is 1.21 bits per heavy atom. The van der Waals surface area contributed by atoms with Gasteiger partial charge in [0, 0.05) is 48.5 Å². The van der Waals surface area contributed by atoms with Gasteiger partial charge in [-0.1, -0.05) is 23.7 Å². The van der Waals surface area contributed by atoms with Crippen LogP contribution in [0, 0.1) is 12.8 Å². The van der Waals surface area contributed by atoms with Gasteiger partial charge in [0.1, 0.15) is 11.3 Å². The molecule has 2 aliphatic rings. The highest BCUT2D eigenvalue weighted by Gasteiger charge is 2.27. The quantitative estimate of drug-likeness (QED) is 0.470. The Balaban J connectivity index is 1.43. The number of imidazole rings is 1. The summed E-state index contributed by atoms with van der Waals surface area (Å²) in [6.07, 6.45) is 6.41. The second-order valence-corrected chi connectivity index (χ2v) is 10.0. The number of carbonyl (C=O) groups is 1. The SMILES string of the molecule is Cc1c(-c2cc3cccc(Cl)c3n2CC2CC2)nc2cc(C(=O)N3CCC[C@@H](N)C3)ccn12. The van der Waals surface area contributed by atoms with Crippen LogP contribution in [0.4, 0.5) is 0 Å². The average molecular weight is 462 g/mol. The van der Waals surface area contributed by atoms with Gasteiger partial charge in [-0.15, -0.1) is 0 Å². The maximum absolute atomic E-state index is 13.1. The van der Waals surface area contributed by atoms with Crippen molar-refractivity contribution in [3.8, 4) is 11.4 Å². The third kappa shape index (κ3) is 3.62. The van der Waals surface area contributed by atoms with Crippen LogP contribution in [0.2, 0.25) is 5.02 Å². The summed E-state index contributed by atoms with van der Waals surface area (Å²) in [6.45, 7) is 4.42. The van der Waals surface area contributed by atoms with Crippen molar-refractivity contribution >= 4 is 34.1 Å². The number of nitrogens with zero attached hydrogens (tertiary/aromatic N) is 4. The normalized spacial score (nSPS) is 19.0. The van der Waals surface area contributed by atoms with E-state index in [1.807, 2.05) is 35.4 Å². The van der Waals surface area contributed by atoms with Gasteiger partial charge in [0.15, 0.2) is 0 Å². The van der Waals surface area contributed by atoms with E-state index in [0.29, 0.717) is 18.0 Å². The van der Waals surface area contributed by atoms with Gasteiger partial charge in [0.25, 0.3) is 5.91 Å². The van der Waals surface area contributed by atoms with E-state index in [1.54, 1.807) is 0 Å². The van der Waals surface area contributed by atoms with Crippen LogP contribution in [0.1, 0.15) is 41.7 Å². The van der Waals surface area contributed by atoms with Crippen molar-refractivity contribution in [2.45, 2.75) is 45.2 Å². The van der Waals surface area contributed by atoms with Gasteiger partial charge >= 0.3 is 0 Å². The fourth-order valence-electron chi connectivity index (χ4n) is 5.14. The van der Waals surface area contributed by atoms with Gasteiger partial charge in [-0.25, -0.2) is 4.98 Å². The largest absolute Gasteiger partial charge is 0.338 e. The topological polar surface area (TPSA) is 68.6 Å². The Morgan fingerprint density at radius 2 is 2.06 bits per heavy atom. The molecule has 0 radical (unpaired) electrons. The van der Waals surface area contributed by atoms with Crippen molar-refractivity contribution in [3.63, 3.8) is 0 Å². The number of para-hydroxylation sites is 1. The van der Waals surface area contributed by atoms with Gasteiger partial charge in [0.2, 0.25) is 0 Å². The first-order valence-electron chi connectivity index (χ1n) is 11.8. The standard InChI is InChI=1S/C26H28ClN5O/c1-16-24(22-12-18-4-2-6-21(27)25(18)32(22)14-17-7-8-17)29-23-13-19(9-11-31(16)23)26(33)30-10-3-5-20(28)15-30/h2,4,6,9,11-13,17,20H,3,5,7-8,10,14-15,28H2,1H3/t20-/m1/s1. The van der Waals surface area contributed by atoms with Crippen LogP contribution in [-0.4, -0.2) is 43.9 Å². The van der Waals surface area contributed by atoms with E-state index in [0.717, 1.165) is 64.6 Å². The highest BCUT2D eigenvalue weighted by Crippen LogP contribution is 2.38. The number of fused-ring (bicyclic) bond motifs is 2. The molecule has 1 atom stereocenters. The molecule has 33 heavy (non-hydrogen) atoms. The second-order valence-electron chi connectivity index (χ2n) is 9.60. The summed E-state index contributed by atoms with van der Waals surface area (Å²) >= 11 is 6.63. The van der Waals surface area contributed by atoms with Gasteiger partial charge < -0.3 is 19.6 Å². The molecule has 1 saturated carbocycles. The Kier molecular flexibility index (Phi) is 4.96. The van der Waals surface area contributed by atoms with Gasteiger partial charge in [-0.3, -0.25) is 4.79 Å². The fraction of sp³-hybridized carbons (Fsp3) is 0.385. The number of halogens is 1. The number of nitrogens with two attached hydrogens (primary N) is 1. The summed E-state index contributed by atoms with van der Waals surface area (Å²) in [5.41, 5.74) is 11.7. The molecule has 0 bridgehead atoms. The zero-order valence-electron chi connectivity index (χ0n) is 18.8. The molecular formula is C26H28ClN5O. The van der Waals surface area contributed by atoms with Gasteiger partial charge in [-0.2, -0.15) is 0 Å². The van der Waals surface area contributed by atoms with Crippen molar-refractivity contribution in [1.82, 2.24) is 18.9 Å². The number of aromatic nitrogens is 3. The zero-order valence-corrected chi connectivity index (χ0v) is 19.6. The van der Waals surface area contributed by atoms with Crippen LogP contribution in [0.15, 0.2) is 42.6 Å². The predicted octanol–water partition coefficient (Wildman–Crippen LogP) is 4.89. The fourth-order valence-corrected chi connectivity index (χ4v) is 5.43. The van der Waals surface area contributed by atoms with E-state index >= 15 is 0 Å². The number of benzene rings is 1. The van der Waals surface area contributed by atoms with Crippen molar-refractivity contribution in [3.05, 3.63) is 58.9 Å². The molecule has 1 amide bonds. The number of hydrogen-bond donors (Lipinski definition) is 1. The second kappa shape index (κ2) is 7.89. The van der Waals surface area contributed by atoms with Crippen LogP contribution in [-0.2, 0) is 6.54 Å². The molecule has 0 unspecified atom stereocenters. The minimum atomic E-state index is 0.0319. The molecular weight excluding hydrogens is 434 g/mol. The summed E-state index contributed by atoms with van der Waals surface area (Å²) in [7, 11) is 0. The number of aryl methyl sites for hydroxylation is 1. The van der Waals surface area contributed by atoms with E-state index in [9.17, 15) is 4.79 Å². The molecule has 3 aromatic heterocycles.